The van der Waals surface area contributed by atoms with Gasteiger partial charge in [0, 0.05) is 24.5 Å². The molecule has 2 aromatic rings. The molecule has 1 aromatic carbocycles. The lowest BCUT2D eigenvalue weighted by atomic mass is 10.2. The van der Waals surface area contributed by atoms with Gasteiger partial charge in [0.05, 0.1) is 0 Å². The molecule has 0 radical (unpaired) electrons. The molecule has 0 spiro atoms. The molecule has 0 amide bonds. The number of anilines is 2. The molecule has 0 N–H and O–H groups in total. The lowest BCUT2D eigenvalue weighted by Gasteiger charge is -2.18. The fourth-order valence-electron chi connectivity index (χ4n) is 1.52. The summed E-state index contributed by atoms with van der Waals surface area (Å²) in [5.41, 5.74) is 3.36. The summed E-state index contributed by atoms with van der Waals surface area (Å²) >= 11 is 0. The number of nitrogens with zero attached hydrogens (tertiary/aromatic N) is 3. The van der Waals surface area contributed by atoms with Gasteiger partial charge in [0.2, 0.25) is 0 Å². The van der Waals surface area contributed by atoms with E-state index >= 15 is 0 Å². The van der Waals surface area contributed by atoms with Gasteiger partial charge in [-0.3, -0.25) is 0 Å². The maximum absolute atomic E-state index is 4.25. The summed E-state index contributed by atoms with van der Waals surface area (Å²) in [6, 6.07) is 10.3. The van der Waals surface area contributed by atoms with Gasteiger partial charge in [0.1, 0.15) is 12.1 Å². The van der Waals surface area contributed by atoms with E-state index < -0.39 is 0 Å². The smallest absolute Gasteiger partial charge is 0.136 e. The van der Waals surface area contributed by atoms with Crippen molar-refractivity contribution in [1.82, 2.24) is 9.97 Å². The van der Waals surface area contributed by atoms with Crippen LogP contribution in [0.2, 0.25) is 0 Å². The minimum atomic E-state index is 0.913. The van der Waals surface area contributed by atoms with Crippen molar-refractivity contribution in [3.8, 4) is 0 Å². The number of rotatable bonds is 2. The van der Waals surface area contributed by atoms with E-state index in [1.165, 1.54) is 5.56 Å². The average Bonchev–Trinajstić information content (AvgIpc) is 2.41. The van der Waals surface area contributed by atoms with E-state index in [0.29, 0.717) is 0 Å². The largest absolute Gasteiger partial charge is 0.329 e. The van der Waals surface area contributed by atoms with Gasteiger partial charge >= 0.3 is 0 Å². The maximum atomic E-state index is 4.25. The number of benzene rings is 1. The van der Waals surface area contributed by atoms with Crippen LogP contribution in [0, 0.1) is 13.8 Å². The number of hydrogen-bond acceptors (Lipinski definition) is 3. The second-order valence-electron chi connectivity index (χ2n) is 3.91. The molecular formula is C15H21N3. The van der Waals surface area contributed by atoms with Gasteiger partial charge < -0.3 is 4.90 Å². The van der Waals surface area contributed by atoms with Gasteiger partial charge in [-0.2, -0.15) is 0 Å². The van der Waals surface area contributed by atoms with E-state index in [1.807, 2.05) is 38.8 Å². The van der Waals surface area contributed by atoms with Gasteiger partial charge in [-0.1, -0.05) is 31.5 Å². The normalized spacial score (nSPS) is 9.39. The fraction of sp³-hybridized carbons (Fsp3) is 0.333. The summed E-state index contributed by atoms with van der Waals surface area (Å²) in [5.74, 6) is 0.913. The van der Waals surface area contributed by atoms with Crippen LogP contribution in [0.5, 0.6) is 0 Å². The molecule has 2 rings (SSSR count). The number of aryl methyl sites for hydroxylation is 2. The summed E-state index contributed by atoms with van der Waals surface area (Å²) < 4.78 is 0. The third kappa shape index (κ3) is 3.55. The van der Waals surface area contributed by atoms with E-state index in [9.17, 15) is 0 Å². The Balaban J connectivity index is 0.000000771. The van der Waals surface area contributed by atoms with Crippen LogP contribution in [-0.2, 0) is 0 Å². The van der Waals surface area contributed by atoms with Crippen LogP contribution in [-0.4, -0.2) is 17.0 Å². The molecule has 0 saturated carbocycles. The van der Waals surface area contributed by atoms with Crippen LogP contribution in [0.1, 0.15) is 25.1 Å². The van der Waals surface area contributed by atoms with Crippen molar-refractivity contribution in [2.24, 2.45) is 0 Å². The summed E-state index contributed by atoms with van der Waals surface area (Å²) in [6.07, 6.45) is 1.59. The molecule has 1 aromatic heterocycles. The molecule has 0 bridgehead atoms. The molecule has 0 fully saturated rings. The standard InChI is InChI=1S/C13H15N3.C2H6/c1-10-4-6-12(7-5-10)16(3)13-8-11(2)14-9-15-13;1-2/h4-9H,1-3H3;1-2H3. The average molecular weight is 243 g/mol. The zero-order chi connectivity index (χ0) is 13.5. The molecule has 96 valence electrons. The summed E-state index contributed by atoms with van der Waals surface area (Å²) in [6.45, 7) is 8.05. The maximum Gasteiger partial charge on any atom is 0.136 e. The Bertz CT molecular complexity index is 477. The molecule has 1 heterocycles. The van der Waals surface area contributed by atoms with Crippen molar-refractivity contribution in [2.45, 2.75) is 27.7 Å². The molecule has 0 aliphatic rings. The Morgan fingerprint density at radius 3 is 2.11 bits per heavy atom. The second-order valence-corrected chi connectivity index (χ2v) is 3.91. The highest BCUT2D eigenvalue weighted by Crippen LogP contribution is 2.21. The molecule has 3 heteroatoms. The van der Waals surface area contributed by atoms with Crippen molar-refractivity contribution in [3.63, 3.8) is 0 Å². The van der Waals surface area contributed by atoms with Gasteiger partial charge in [-0.15, -0.1) is 0 Å². The van der Waals surface area contributed by atoms with Crippen LogP contribution in [0.25, 0.3) is 0 Å². The highest BCUT2D eigenvalue weighted by atomic mass is 15.2. The molecule has 0 aliphatic carbocycles. The van der Waals surface area contributed by atoms with E-state index in [0.717, 1.165) is 17.2 Å². The molecule has 0 unspecified atom stereocenters. The van der Waals surface area contributed by atoms with Crippen LogP contribution in [0.15, 0.2) is 36.7 Å². The first-order valence-corrected chi connectivity index (χ1v) is 6.26. The first kappa shape index (κ1) is 14.2. The monoisotopic (exact) mass is 243 g/mol. The van der Waals surface area contributed by atoms with E-state index in [1.54, 1.807) is 6.33 Å². The minimum Gasteiger partial charge on any atom is -0.329 e. The third-order valence-corrected chi connectivity index (χ3v) is 2.55. The Kier molecular flexibility index (Phi) is 5.31. The minimum absolute atomic E-state index is 0.913. The molecule has 3 nitrogen and oxygen atoms in total. The zero-order valence-electron chi connectivity index (χ0n) is 11.8. The van der Waals surface area contributed by atoms with Crippen molar-refractivity contribution in [3.05, 3.63) is 47.9 Å². The fourth-order valence-corrected chi connectivity index (χ4v) is 1.52. The van der Waals surface area contributed by atoms with Gasteiger partial charge in [0.15, 0.2) is 0 Å². The second kappa shape index (κ2) is 6.74. The van der Waals surface area contributed by atoms with Gasteiger partial charge in [-0.25, -0.2) is 9.97 Å². The van der Waals surface area contributed by atoms with Crippen molar-refractivity contribution in [1.29, 1.82) is 0 Å². The van der Waals surface area contributed by atoms with Gasteiger partial charge in [-0.05, 0) is 26.0 Å². The van der Waals surface area contributed by atoms with Crippen LogP contribution >= 0.6 is 0 Å². The van der Waals surface area contributed by atoms with Crippen molar-refractivity contribution >= 4 is 11.5 Å². The summed E-state index contributed by atoms with van der Waals surface area (Å²) in [5, 5.41) is 0. The first-order chi connectivity index (χ1) is 8.66. The third-order valence-electron chi connectivity index (χ3n) is 2.55. The summed E-state index contributed by atoms with van der Waals surface area (Å²) in [7, 11) is 2.01. The number of aromatic nitrogens is 2. The van der Waals surface area contributed by atoms with E-state index in [2.05, 4.69) is 41.2 Å². The Labute approximate surface area is 110 Å². The summed E-state index contributed by atoms with van der Waals surface area (Å²) in [4.78, 5) is 10.4. The Morgan fingerprint density at radius 1 is 0.944 bits per heavy atom. The molecule has 0 aliphatic heterocycles. The van der Waals surface area contributed by atoms with Gasteiger partial charge in [0.25, 0.3) is 0 Å². The first-order valence-electron chi connectivity index (χ1n) is 6.26. The van der Waals surface area contributed by atoms with Crippen molar-refractivity contribution in [2.75, 3.05) is 11.9 Å². The van der Waals surface area contributed by atoms with Crippen LogP contribution < -0.4 is 4.90 Å². The van der Waals surface area contributed by atoms with Crippen LogP contribution in [0.3, 0.4) is 0 Å². The zero-order valence-corrected chi connectivity index (χ0v) is 11.8. The Morgan fingerprint density at radius 2 is 1.56 bits per heavy atom. The lowest BCUT2D eigenvalue weighted by Crippen LogP contribution is -2.11. The molecule has 0 saturated heterocycles. The molecular weight excluding hydrogens is 222 g/mol. The highest BCUT2D eigenvalue weighted by Gasteiger charge is 2.04. The van der Waals surface area contributed by atoms with Crippen LogP contribution in [0.4, 0.5) is 11.5 Å². The quantitative estimate of drug-likeness (QED) is 0.801. The molecule has 0 atom stereocenters. The highest BCUT2D eigenvalue weighted by molar-refractivity contribution is 5.59. The topological polar surface area (TPSA) is 29.0 Å². The SMILES string of the molecule is CC.Cc1ccc(N(C)c2cc(C)ncn2)cc1. The number of hydrogen-bond donors (Lipinski definition) is 0. The molecule has 18 heavy (non-hydrogen) atoms. The Hall–Kier alpha value is -1.90. The predicted molar refractivity (Wildman–Crippen MR) is 77.4 cm³/mol. The van der Waals surface area contributed by atoms with Crippen molar-refractivity contribution < 1.29 is 0 Å². The van der Waals surface area contributed by atoms with E-state index in [4.69, 9.17) is 0 Å². The van der Waals surface area contributed by atoms with E-state index in [-0.39, 0.29) is 0 Å². The predicted octanol–water partition coefficient (Wildman–Crippen LogP) is 3.89. The lowest BCUT2D eigenvalue weighted by molar-refractivity contribution is 1.05.